The molecule has 2 N–H and O–H groups in total. The fourth-order valence-corrected chi connectivity index (χ4v) is 3.63. The molecular formula is C19H26N4O2. The van der Waals surface area contributed by atoms with Crippen LogP contribution in [0.3, 0.4) is 0 Å². The van der Waals surface area contributed by atoms with E-state index in [1.807, 2.05) is 34.9 Å². The highest BCUT2D eigenvalue weighted by atomic mass is 16.5. The van der Waals surface area contributed by atoms with Crippen LogP contribution in [0.2, 0.25) is 0 Å². The van der Waals surface area contributed by atoms with E-state index in [2.05, 4.69) is 45.0 Å². The number of carbonyl (C=O) groups excluding carboxylic acids is 1. The molecule has 134 valence electrons. The summed E-state index contributed by atoms with van der Waals surface area (Å²) in [5.41, 5.74) is 8.00. The Labute approximate surface area is 148 Å². The standard InChI is InChI=1S/C19H26N4O2/c1-6-25-19(24)16-11(2)15-12(3)21-22-18(15)20-17(16)13-7-9-14(10-8-13)23(4)5/h7-10,15,17-18,20,22H,6H2,1-5H3/t15-,17+,18-/m1/s1. The minimum Gasteiger partial charge on any atom is -0.463 e. The van der Waals surface area contributed by atoms with E-state index in [1.165, 1.54) is 0 Å². The maximum absolute atomic E-state index is 12.7. The van der Waals surface area contributed by atoms with E-state index in [4.69, 9.17) is 4.74 Å². The van der Waals surface area contributed by atoms with Crippen LogP contribution in [0.4, 0.5) is 5.69 Å². The number of anilines is 1. The van der Waals surface area contributed by atoms with Gasteiger partial charge in [0.05, 0.1) is 24.1 Å². The van der Waals surface area contributed by atoms with Gasteiger partial charge in [-0.2, -0.15) is 5.10 Å². The molecule has 2 aliphatic rings. The maximum atomic E-state index is 12.7. The fraction of sp³-hybridized carbons (Fsp3) is 0.474. The van der Waals surface area contributed by atoms with Crippen molar-refractivity contribution in [3.8, 4) is 0 Å². The zero-order chi connectivity index (χ0) is 18.1. The Morgan fingerprint density at radius 2 is 1.92 bits per heavy atom. The largest absolute Gasteiger partial charge is 0.463 e. The van der Waals surface area contributed by atoms with Gasteiger partial charge in [-0.25, -0.2) is 4.79 Å². The van der Waals surface area contributed by atoms with Crippen molar-refractivity contribution in [2.24, 2.45) is 11.0 Å². The normalized spacial score (nSPS) is 25.2. The Hall–Kier alpha value is -2.34. The molecule has 3 atom stereocenters. The second kappa shape index (κ2) is 6.88. The molecular weight excluding hydrogens is 316 g/mol. The predicted molar refractivity (Wildman–Crippen MR) is 99.5 cm³/mol. The Morgan fingerprint density at radius 3 is 2.52 bits per heavy atom. The van der Waals surface area contributed by atoms with E-state index in [0.717, 1.165) is 22.5 Å². The number of nitrogens with zero attached hydrogens (tertiary/aromatic N) is 2. The molecule has 0 aromatic heterocycles. The van der Waals surface area contributed by atoms with Crippen LogP contribution in [0.5, 0.6) is 0 Å². The highest BCUT2D eigenvalue weighted by Gasteiger charge is 2.42. The number of fused-ring (bicyclic) bond motifs is 1. The molecule has 2 heterocycles. The average molecular weight is 342 g/mol. The molecule has 0 unspecified atom stereocenters. The lowest BCUT2D eigenvalue weighted by atomic mass is 9.81. The summed E-state index contributed by atoms with van der Waals surface area (Å²) in [6.07, 6.45) is -0.00305. The van der Waals surface area contributed by atoms with Crippen molar-refractivity contribution in [2.75, 3.05) is 25.6 Å². The topological polar surface area (TPSA) is 66.0 Å². The van der Waals surface area contributed by atoms with Crippen molar-refractivity contribution < 1.29 is 9.53 Å². The van der Waals surface area contributed by atoms with Crippen molar-refractivity contribution >= 4 is 17.4 Å². The number of esters is 1. The van der Waals surface area contributed by atoms with Crippen LogP contribution in [0.25, 0.3) is 0 Å². The van der Waals surface area contributed by atoms with E-state index in [-0.39, 0.29) is 24.1 Å². The van der Waals surface area contributed by atoms with Gasteiger partial charge in [0.2, 0.25) is 0 Å². The number of hydrazone groups is 1. The molecule has 2 aliphatic heterocycles. The number of hydrogen-bond donors (Lipinski definition) is 2. The van der Waals surface area contributed by atoms with Gasteiger partial charge in [-0.1, -0.05) is 12.1 Å². The molecule has 0 radical (unpaired) electrons. The quantitative estimate of drug-likeness (QED) is 0.821. The average Bonchev–Trinajstić information content (AvgIpc) is 2.96. The smallest absolute Gasteiger partial charge is 0.335 e. The van der Waals surface area contributed by atoms with Crippen LogP contribution in [0.1, 0.15) is 32.4 Å². The second-order valence-electron chi connectivity index (χ2n) is 6.74. The predicted octanol–water partition coefficient (Wildman–Crippen LogP) is 2.20. The second-order valence-corrected chi connectivity index (χ2v) is 6.74. The van der Waals surface area contributed by atoms with Crippen molar-refractivity contribution in [1.82, 2.24) is 10.7 Å². The van der Waals surface area contributed by atoms with E-state index in [9.17, 15) is 4.79 Å². The van der Waals surface area contributed by atoms with E-state index >= 15 is 0 Å². The molecule has 0 aliphatic carbocycles. The molecule has 6 nitrogen and oxygen atoms in total. The molecule has 0 saturated carbocycles. The molecule has 0 fully saturated rings. The summed E-state index contributed by atoms with van der Waals surface area (Å²) in [5, 5.41) is 7.88. The number of hydrogen-bond acceptors (Lipinski definition) is 6. The molecule has 0 amide bonds. The number of ether oxygens (including phenoxy) is 1. The van der Waals surface area contributed by atoms with E-state index in [0.29, 0.717) is 12.2 Å². The fourth-order valence-electron chi connectivity index (χ4n) is 3.63. The van der Waals surface area contributed by atoms with Crippen molar-refractivity contribution in [3.05, 3.63) is 41.0 Å². The Bertz CT molecular complexity index is 721. The number of rotatable bonds is 4. The zero-order valence-corrected chi connectivity index (χ0v) is 15.5. The minimum absolute atomic E-state index is 0.00305. The van der Waals surface area contributed by atoms with Crippen molar-refractivity contribution in [1.29, 1.82) is 0 Å². The third kappa shape index (κ3) is 3.14. The minimum atomic E-state index is -0.257. The molecule has 25 heavy (non-hydrogen) atoms. The van der Waals surface area contributed by atoms with Crippen LogP contribution in [-0.4, -0.2) is 38.5 Å². The van der Waals surface area contributed by atoms with E-state index < -0.39 is 0 Å². The van der Waals surface area contributed by atoms with Crippen molar-refractivity contribution in [2.45, 2.75) is 33.0 Å². The third-order valence-electron chi connectivity index (χ3n) is 4.93. The van der Waals surface area contributed by atoms with Gasteiger partial charge in [-0.3, -0.25) is 10.7 Å². The molecule has 0 bridgehead atoms. The Morgan fingerprint density at radius 1 is 1.24 bits per heavy atom. The summed E-state index contributed by atoms with van der Waals surface area (Å²) < 4.78 is 5.34. The van der Waals surface area contributed by atoms with E-state index in [1.54, 1.807) is 0 Å². The first-order valence-electron chi connectivity index (χ1n) is 8.64. The summed E-state index contributed by atoms with van der Waals surface area (Å²) in [6.45, 7) is 6.19. The van der Waals surface area contributed by atoms with Crippen LogP contribution >= 0.6 is 0 Å². The summed E-state index contributed by atoms with van der Waals surface area (Å²) >= 11 is 0. The van der Waals surface area contributed by atoms with Gasteiger partial charge < -0.3 is 9.64 Å². The Kier molecular flexibility index (Phi) is 4.81. The molecule has 0 saturated heterocycles. The van der Waals surface area contributed by atoms with Gasteiger partial charge >= 0.3 is 5.97 Å². The molecule has 0 spiro atoms. The Balaban J connectivity index is 2.02. The molecule has 3 rings (SSSR count). The van der Waals surface area contributed by atoms with Crippen molar-refractivity contribution in [3.63, 3.8) is 0 Å². The monoisotopic (exact) mass is 342 g/mol. The van der Waals surface area contributed by atoms with Gasteiger partial charge in [0.15, 0.2) is 0 Å². The van der Waals surface area contributed by atoms with Crippen LogP contribution < -0.4 is 15.6 Å². The van der Waals surface area contributed by atoms with Crippen LogP contribution in [-0.2, 0) is 9.53 Å². The van der Waals surface area contributed by atoms with Gasteiger partial charge in [-0.05, 0) is 44.0 Å². The third-order valence-corrected chi connectivity index (χ3v) is 4.93. The van der Waals surface area contributed by atoms with Gasteiger partial charge in [-0.15, -0.1) is 0 Å². The summed E-state index contributed by atoms with van der Waals surface area (Å²) in [6, 6.07) is 8.02. The first kappa shape index (κ1) is 17.5. The highest BCUT2D eigenvalue weighted by Crippen LogP contribution is 2.37. The lowest BCUT2D eigenvalue weighted by Gasteiger charge is -2.36. The molecule has 6 heteroatoms. The summed E-state index contributed by atoms with van der Waals surface area (Å²) in [4.78, 5) is 14.7. The molecule has 1 aromatic rings. The van der Waals surface area contributed by atoms with Gasteiger partial charge in [0, 0.05) is 25.5 Å². The lowest BCUT2D eigenvalue weighted by molar-refractivity contribution is -0.139. The number of nitrogens with one attached hydrogen (secondary N) is 2. The molecule has 1 aromatic carbocycles. The lowest BCUT2D eigenvalue weighted by Crippen LogP contribution is -2.50. The van der Waals surface area contributed by atoms with Crippen LogP contribution in [0.15, 0.2) is 40.5 Å². The maximum Gasteiger partial charge on any atom is 0.335 e. The SMILES string of the molecule is CCOC(=O)C1=C(C)[C@@H]2C(C)=NN[C@H]2N[C@H]1c1ccc(N(C)C)cc1. The first-order chi connectivity index (χ1) is 11.9. The van der Waals surface area contributed by atoms with Crippen LogP contribution in [0, 0.1) is 5.92 Å². The summed E-state index contributed by atoms with van der Waals surface area (Å²) in [7, 11) is 4.02. The van der Waals surface area contributed by atoms with Gasteiger partial charge in [0.1, 0.15) is 6.17 Å². The van der Waals surface area contributed by atoms with Gasteiger partial charge in [0.25, 0.3) is 0 Å². The number of benzene rings is 1. The first-order valence-corrected chi connectivity index (χ1v) is 8.64. The zero-order valence-electron chi connectivity index (χ0n) is 15.5. The number of carbonyl (C=O) groups is 1. The summed E-state index contributed by atoms with van der Waals surface area (Å²) in [5.74, 6) is -0.177. The highest BCUT2D eigenvalue weighted by molar-refractivity contribution is 5.96.